The Balaban J connectivity index is 1.62. The van der Waals surface area contributed by atoms with Gasteiger partial charge >= 0.3 is 11.8 Å². The summed E-state index contributed by atoms with van der Waals surface area (Å²) in [6, 6.07) is 10.9. The summed E-state index contributed by atoms with van der Waals surface area (Å²) in [6.07, 6.45) is 2.78. The number of hydrogen-bond donors (Lipinski definition) is 2. The minimum atomic E-state index is -0.939. The highest BCUT2D eigenvalue weighted by Crippen LogP contribution is 2.37. The summed E-state index contributed by atoms with van der Waals surface area (Å²) >= 11 is 9.42. The van der Waals surface area contributed by atoms with Crippen molar-refractivity contribution in [3.63, 3.8) is 0 Å². The van der Waals surface area contributed by atoms with E-state index in [0.29, 0.717) is 27.3 Å². The van der Waals surface area contributed by atoms with E-state index in [4.69, 9.17) is 25.5 Å². The van der Waals surface area contributed by atoms with E-state index >= 15 is 0 Å². The van der Waals surface area contributed by atoms with E-state index in [1.807, 2.05) is 0 Å². The van der Waals surface area contributed by atoms with E-state index in [9.17, 15) is 14.0 Å². The molecule has 3 rings (SSSR count). The summed E-state index contributed by atoms with van der Waals surface area (Å²) < 4.78 is 30.6. The summed E-state index contributed by atoms with van der Waals surface area (Å²) in [5, 5.41) is 6.43. The minimum Gasteiger partial charge on any atom is -0.493 e. The highest BCUT2D eigenvalue weighted by atomic mass is 79.9. The summed E-state index contributed by atoms with van der Waals surface area (Å²) in [7, 11) is 1.44. The number of carbonyl (C=O) groups is 2. The van der Waals surface area contributed by atoms with Crippen LogP contribution in [0, 0.1) is 5.82 Å². The number of hydrogen-bond acceptors (Lipinski definition) is 6. The van der Waals surface area contributed by atoms with Gasteiger partial charge in [0.15, 0.2) is 11.5 Å². The molecular formula is C22H18BrClFN3O5. The first-order valence-electron chi connectivity index (χ1n) is 9.46. The monoisotopic (exact) mass is 537 g/mol. The van der Waals surface area contributed by atoms with Crippen LogP contribution < -0.4 is 20.2 Å². The van der Waals surface area contributed by atoms with Crippen molar-refractivity contribution in [3.05, 3.63) is 80.9 Å². The van der Waals surface area contributed by atoms with Gasteiger partial charge in [-0.25, -0.2) is 9.82 Å². The molecule has 0 bridgehead atoms. The van der Waals surface area contributed by atoms with Crippen molar-refractivity contribution in [3.8, 4) is 11.5 Å². The van der Waals surface area contributed by atoms with Gasteiger partial charge in [0, 0.05) is 5.56 Å². The number of nitrogens with one attached hydrogen (secondary N) is 2. The molecule has 0 aliphatic carbocycles. The molecule has 0 fully saturated rings. The summed E-state index contributed by atoms with van der Waals surface area (Å²) in [5.74, 6) is -1.11. The second kappa shape index (κ2) is 11.5. The van der Waals surface area contributed by atoms with Crippen LogP contribution in [-0.2, 0) is 22.7 Å². The largest absolute Gasteiger partial charge is 0.493 e. The predicted molar refractivity (Wildman–Crippen MR) is 123 cm³/mol. The van der Waals surface area contributed by atoms with Gasteiger partial charge in [-0.2, -0.15) is 5.10 Å². The Morgan fingerprint density at radius 3 is 2.76 bits per heavy atom. The maximum atomic E-state index is 14.0. The third-order valence-corrected chi connectivity index (χ3v) is 5.21. The number of amides is 2. The zero-order valence-electron chi connectivity index (χ0n) is 17.2. The third-order valence-electron chi connectivity index (χ3n) is 4.26. The fourth-order valence-electron chi connectivity index (χ4n) is 2.65. The van der Waals surface area contributed by atoms with Crippen molar-refractivity contribution in [2.24, 2.45) is 5.10 Å². The molecule has 0 unspecified atom stereocenters. The Bertz CT molecular complexity index is 1150. The Hall–Kier alpha value is -3.37. The molecule has 0 spiro atoms. The van der Waals surface area contributed by atoms with Gasteiger partial charge in [0.2, 0.25) is 0 Å². The molecule has 1 heterocycles. The molecule has 11 heteroatoms. The van der Waals surface area contributed by atoms with Crippen LogP contribution in [0.4, 0.5) is 4.39 Å². The van der Waals surface area contributed by atoms with Gasteiger partial charge in [-0.15, -0.1) is 0 Å². The van der Waals surface area contributed by atoms with Crippen LogP contribution in [0.15, 0.2) is 62.7 Å². The average molecular weight is 539 g/mol. The molecular weight excluding hydrogens is 521 g/mol. The SMILES string of the molecule is COc1cc(/C=N\NC(=O)C(=O)NCc2ccco2)cc(Br)c1OCc1c(F)cccc1Cl. The number of hydrazone groups is 1. The van der Waals surface area contributed by atoms with Crippen molar-refractivity contribution in [1.29, 1.82) is 0 Å². The summed E-state index contributed by atoms with van der Waals surface area (Å²) in [6.45, 7) is -0.0380. The van der Waals surface area contributed by atoms with E-state index in [1.165, 1.54) is 31.7 Å². The number of carbonyl (C=O) groups excluding carboxylic acids is 2. The highest BCUT2D eigenvalue weighted by Gasteiger charge is 2.15. The number of halogens is 3. The fraction of sp³-hybridized carbons (Fsp3) is 0.136. The van der Waals surface area contributed by atoms with Crippen LogP contribution in [0.1, 0.15) is 16.9 Å². The van der Waals surface area contributed by atoms with Gasteiger partial charge in [0.25, 0.3) is 0 Å². The van der Waals surface area contributed by atoms with Gasteiger partial charge in [0.05, 0.1) is 35.6 Å². The van der Waals surface area contributed by atoms with Gasteiger partial charge in [0.1, 0.15) is 18.2 Å². The Kier molecular flexibility index (Phi) is 8.45. The van der Waals surface area contributed by atoms with E-state index in [0.717, 1.165) is 0 Å². The maximum Gasteiger partial charge on any atom is 0.329 e. The number of methoxy groups -OCH3 is 1. The third kappa shape index (κ3) is 6.56. The maximum absolute atomic E-state index is 14.0. The van der Waals surface area contributed by atoms with Crippen molar-refractivity contribution in [1.82, 2.24) is 10.7 Å². The first kappa shape index (κ1) is 24.3. The molecule has 0 radical (unpaired) electrons. The molecule has 2 N–H and O–H groups in total. The molecule has 2 amide bonds. The van der Waals surface area contributed by atoms with Crippen LogP contribution in [-0.4, -0.2) is 25.1 Å². The quantitative estimate of drug-likeness (QED) is 0.254. The second-order valence-electron chi connectivity index (χ2n) is 6.48. The van der Waals surface area contributed by atoms with Crippen LogP contribution >= 0.6 is 27.5 Å². The van der Waals surface area contributed by atoms with Crippen molar-refractivity contribution in [2.45, 2.75) is 13.2 Å². The first-order valence-corrected chi connectivity index (χ1v) is 10.6. The average Bonchev–Trinajstić information content (AvgIpc) is 3.31. The molecule has 0 saturated carbocycles. The highest BCUT2D eigenvalue weighted by molar-refractivity contribution is 9.10. The molecule has 0 aliphatic heterocycles. The van der Waals surface area contributed by atoms with Crippen LogP contribution in [0.5, 0.6) is 11.5 Å². The lowest BCUT2D eigenvalue weighted by molar-refractivity contribution is -0.139. The fourth-order valence-corrected chi connectivity index (χ4v) is 3.44. The molecule has 3 aromatic rings. The van der Waals surface area contributed by atoms with Crippen molar-refractivity contribution >= 4 is 45.6 Å². The lowest BCUT2D eigenvalue weighted by Crippen LogP contribution is -2.37. The van der Waals surface area contributed by atoms with E-state index < -0.39 is 17.6 Å². The Labute approximate surface area is 201 Å². The lowest BCUT2D eigenvalue weighted by Gasteiger charge is -2.14. The minimum absolute atomic E-state index is 0.0761. The van der Waals surface area contributed by atoms with E-state index in [2.05, 4.69) is 31.8 Å². The van der Waals surface area contributed by atoms with Gasteiger partial charge < -0.3 is 19.2 Å². The predicted octanol–water partition coefficient (Wildman–Crippen LogP) is 4.19. The molecule has 1 aromatic heterocycles. The molecule has 2 aromatic carbocycles. The zero-order chi connectivity index (χ0) is 23.8. The molecule has 8 nitrogen and oxygen atoms in total. The summed E-state index contributed by atoms with van der Waals surface area (Å²) in [5.41, 5.74) is 2.88. The molecule has 0 atom stereocenters. The van der Waals surface area contributed by atoms with Crippen molar-refractivity contribution < 1.29 is 27.9 Å². The topological polar surface area (TPSA) is 102 Å². The Morgan fingerprint density at radius 2 is 2.06 bits per heavy atom. The normalized spacial score (nSPS) is 10.8. The summed E-state index contributed by atoms with van der Waals surface area (Å²) in [4.78, 5) is 23.6. The molecule has 0 aliphatic rings. The van der Waals surface area contributed by atoms with Crippen LogP contribution in [0.2, 0.25) is 5.02 Å². The van der Waals surface area contributed by atoms with E-state index in [1.54, 1.807) is 30.3 Å². The van der Waals surface area contributed by atoms with Crippen LogP contribution in [0.3, 0.4) is 0 Å². The zero-order valence-corrected chi connectivity index (χ0v) is 19.6. The van der Waals surface area contributed by atoms with Gasteiger partial charge in [-0.3, -0.25) is 9.59 Å². The molecule has 33 heavy (non-hydrogen) atoms. The standard InChI is InChI=1S/C22H18BrClFN3O5/c1-31-19-9-13(10-27-28-22(30)21(29)26-11-14-4-3-7-32-14)8-16(23)20(19)33-12-15-17(24)5-2-6-18(15)25/h2-10H,11-12H2,1H3,(H,26,29)(H,28,30)/b27-10-. The van der Waals surface area contributed by atoms with Gasteiger partial charge in [-0.05, 0) is 57.9 Å². The number of benzene rings is 2. The number of ether oxygens (including phenoxy) is 2. The first-order chi connectivity index (χ1) is 15.9. The lowest BCUT2D eigenvalue weighted by atomic mass is 10.2. The second-order valence-corrected chi connectivity index (χ2v) is 7.75. The molecule has 172 valence electrons. The van der Waals surface area contributed by atoms with E-state index in [-0.39, 0.29) is 23.7 Å². The smallest absolute Gasteiger partial charge is 0.329 e. The van der Waals surface area contributed by atoms with Crippen LogP contribution in [0.25, 0.3) is 0 Å². The van der Waals surface area contributed by atoms with Crippen molar-refractivity contribution in [2.75, 3.05) is 7.11 Å². The molecule has 0 saturated heterocycles. The Morgan fingerprint density at radius 1 is 1.24 bits per heavy atom. The number of furan rings is 1. The number of nitrogens with zero attached hydrogens (tertiary/aromatic N) is 1. The number of rotatable bonds is 8. The van der Waals surface area contributed by atoms with Gasteiger partial charge in [-0.1, -0.05) is 17.7 Å².